The van der Waals surface area contributed by atoms with E-state index in [0.29, 0.717) is 53.3 Å². The summed E-state index contributed by atoms with van der Waals surface area (Å²) >= 11 is 1.23. The molecule has 4 aromatic rings. The number of rotatable bonds is 11. The van der Waals surface area contributed by atoms with E-state index in [-0.39, 0.29) is 59.1 Å². The zero-order valence-corrected chi connectivity index (χ0v) is 35.7. The fraction of sp³-hybridized carbons (Fsp3) is 0.524. The summed E-state index contributed by atoms with van der Waals surface area (Å²) in [4.78, 5) is 34.5. The lowest BCUT2D eigenvalue weighted by atomic mass is 9.38. The maximum Gasteiger partial charge on any atom is 0.417 e. The van der Waals surface area contributed by atoms with E-state index in [4.69, 9.17) is 9.97 Å². The second-order valence-electron chi connectivity index (χ2n) is 18.3. The number of hydrogen-bond donors (Lipinski definition) is 2. The summed E-state index contributed by atoms with van der Waals surface area (Å²) in [6.07, 6.45) is 0.328. The Kier molecular flexibility index (Phi) is 10.1. The molecular formula is C42H44F7N9O3S2. The quantitative estimate of drug-likeness (QED) is 0.148. The Labute approximate surface area is 362 Å². The number of carbonyl (C=O) groups excluding carboxylic acids is 1. The van der Waals surface area contributed by atoms with E-state index in [9.17, 15) is 39.6 Å². The average Bonchev–Trinajstić information content (AvgIpc) is 3.73. The third-order valence-electron chi connectivity index (χ3n) is 13.8. The number of benzene rings is 2. The van der Waals surface area contributed by atoms with Crippen LogP contribution >= 0.6 is 11.3 Å². The van der Waals surface area contributed by atoms with E-state index < -0.39 is 49.9 Å². The third-order valence-corrected chi connectivity index (χ3v) is 16.3. The second kappa shape index (κ2) is 15.0. The number of nitrogens with zero attached hydrogens (tertiary/aromatic N) is 7. The average molecular weight is 920 g/mol. The third kappa shape index (κ3) is 7.69. The minimum absolute atomic E-state index is 0.0706. The first-order valence-corrected chi connectivity index (χ1v) is 23.3. The zero-order valence-electron chi connectivity index (χ0n) is 34.1. The number of thiazole rings is 1. The van der Waals surface area contributed by atoms with Gasteiger partial charge in [0.15, 0.2) is 10.9 Å². The van der Waals surface area contributed by atoms with Gasteiger partial charge in [-0.3, -0.25) is 14.4 Å². The molecule has 2 aromatic heterocycles. The highest BCUT2D eigenvalue weighted by atomic mass is 32.2. The van der Waals surface area contributed by atoms with Gasteiger partial charge in [0.25, 0.3) is 15.9 Å². The number of sulfonamides is 1. The maximum atomic E-state index is 16.8. The van der Waals surface area contributed by atoms with Crippen LogP contribution in [0.5, 0.6) is 0 Å². The van der Waals surface area contributed by atoms with Gasteiger partial charge in [-0.1, -0.05) is 23.5 Å². The minimum atomic E-state index is -5.33. The molecule has 3 aliphatic heterocycles. The van der Waals surface area contributed by atoms with Gasteiger partial charge in [0.05, 0.1) is 27.5 Å². The second-order valence-corrected chi connectivity index (χ2v) is 20.9. The number of aromatic nitrogens is 3. The van der Waals surface area contributed by atoms with Crippen molar-refractivity contribution in [1.29, 1.82) is 0 Å². The Bertz CT molecular complexity index is 2540. The van der Waals surface area contributed by atoms with Crippen molar-refractivity contribution < 1.29 is 43.9 Å². The van der Waals surface area contributed by atoms with E-state index in [1.54, 1.807) is 12.3 Å². The number of alkyl halides is 5. The first kappa shape index (κ1) is 42.4. The van der Waals surface area contributed by atoms with Crippen LogP contribution in [0.1, 0.15) is 56.9 Å². The van der Waals surface area contributed by atoms with Crippen molar-refractivity contribution in [2.45, 2.75) is 92.0 Å². The Hall–Kier alpha value is -4.60. The van der Waals surface area contributed by atoms with E-state index >= 15 is 4.39 Å². The van der Waals surface area contributed by atoms with Crippen LogP contribution in [0.4, 0.5) is 47.5 Å². The molecule has 63 heavy (non-hydrogen) atoms. The summed E-state index contributed by atoms with van der Waals surface area (Å²) in [5.74, 6) is -5.02. The van der Waals surface area contributed by atoms with Gasteiger partial charge < -0.3 is 20.0 Å². The van der Waals surface area contributed by atoms with E-state index in [1.807, 2.05) is 16.7 Å². The van der Waals surface area contributed by atoms with Gasteiger partial charge in [0.2, 0.25) is 11.9 Å². The van der Waals surface area contributed by atoms with Gasteiger partial charge in [-0.25, -0.2) is 40.9 Å². The Morgan fingerprint density at radius 3 is 2.27 bits per heavy atom. The largest absolute Gasteiger partial charge is 0.417 e. The van der Waals surface area contributed by atoms with Crippen molar-refractivity contribution >= 4 is 44.0 Å². The van der Waals surface area contributed by atoms with Gasteiger partial charge >= 0.3 is 6.18 Å². The summed E-state index contributed by atoms with van der Waals surface area (Å²) in [6.45, 7) is 4.21. The first-order valence-electron chi connectivity index (χ1n) is 21.0. The predicted octanol–water partition coefficient (Wildman–Crippen LogP) is 7.31. The molecule has 4 aliphatic carbocycles. The Balaban J connectivity index is 0.948. The lowest BCUT2D eigenvalue weighted by Gasteiger charge is -2.70. The van der Waals surface area contributed by atoms with E-state index in [1.165, 1.54) is 23.5 Å². The maximum absolute atomic E-state index is 16.8. The molecule has 2 aromatic carbocycles. The fourth-order valence-electron chi connectivity index (χ4n) is 10.8. The first-order chi connectivity index (χ1) is 29.8. The topological polar surface area (TPSA) is 127 Å². The minimum Gasteiger partial charge on any atom is -0.349 e. The zero-order chi connectivity index (χ0) is 44.3. The van der Waals surface area contributed by atoms with Crippen LogP contribution in [0.25, 0.3) is 21.8 Å². The number of amides is 1. The standard InChI is InChI=1S/C42H44F7N9O3S2/c1-55-12-14-56(15-13-55)32(59)18-39-21-40(22-39,23-39)53-37-50-11-10-31(51-37)35-34(52-38(62-35)58-24-8-9-25(58)20-57(19-24)26-16-41(45,46)17-26)27-4-2-7-30(33(27)44)54-63(60,61)36-28(42(47,48)49)5-3-6-29(36)43/h2-7,10-11,24-26,54H,8-9,12-23H2,1H3,(H,50,51,53). The molecule has 2 N–H and O–H groups in total. The van der Waals surface area contributed by atoms with Crippen LogP contribution in [0, 0.1) is 17.0 Å². The van der Waals surface area contributed by atoms with Crippen LogP contribution in [-0.2, 0) is 21.0 Å². The van der Waals surface area contributed by atoms with Gasteiger partial charge in [-0.2, -0.15) is 13.2 Å². The van der Waals surface area contributed by atoms with Crippen molar-refractivity contribution in [1.82, 2.24) is 29.7 Å². The molecule has 4 bridgehead atoms. The monoisotopic (exact) mass is 919 g/mol. The van der Waals surface area contributed by atoms with Gasteiger partial charge in [-0.05, 0) is 74.9 Å². The van der Waals surface area contributed by atoms with E-state index in [0.717, 1.165) is 70.4 Å². The molecule has 7 fully saturated rings. The number of halogens is 7. The number of nitrogens with one attached hydrogen (secondary N) is 2. The number of anilines is 3. The lowest BCUT2D eigenvalue weighted by Crippen LogP contribution is -2.71. The molecule has 2 atom stereocenters. The highest BCUT2D eigenvalue weighted by molar-refractivity contribution is 7.92. The number of likely N-dealkylation sites (tertiary alicyclic amines) is 1. The Morgan fingerprint density at radius 1 is 0.921 bits per heavy atom. The fourth-order valence-corrected chi connectivity index (χ4v) is 13.3. The predicted molar refractivity (Wildman–Crippen MR) is 221 cm³/mol. The summed E-state index contributed by atoms with van der Waals surface area (Å²) in [6, 6.07) is 6.68. The molecule has 3 saturated heterocycles. The van der Waals surface area contributed by atoms with Gasteiger partial charge in [0.1, 0.15) is 10.7 Å². The lowest BCUT2D eigenvalue weighted by molar-refractivity contribution is -0.157. The van der Waals surface area contributed by atoms with Gasteiger partial charge in [-0.15, -0.1) is 0 Å². The molecule has 5 heterocycles. The molecule has 336 valence electrons. The molecule has 4 saturated carbocycles. The molecule has 21 heteroatoms. The van der Waals surface area contributed by atoms with Crippen molar-refractivity contribution in [3.63, 3.8) is 0 Å². The van der Waals surface area contributed by atoms with Crippen LogP contribution < -0.4 is 14.9 Å². The summed E-state index contributed by atoms with van der Waals surface area (Å²) in [5, 5.41) is 3.99. The van der Waals surface area contributed by atoms with E-state index in [2.05, 4.69) is 25.0 Å². The van der Waals surface area contributed by atoms with Crippen LogP contribution in [-0.4, -0.2) is 120 Å². The van der Waals surface area contributed by atoms with Crippen molar-refractivity contribution in [3.05, 3.63) is 65.9 Å². The molecule has 12 nitrogen and oxygen atoms in total. The summed E-state index contributed by atoms with van der Waals surface area (Å²) < 4.78 is 130. The summed E-state index contributed by atoms with van der Waals surface area (Å²) in [7, 11) is -3.28. The number of hydrogen-bond acceptors (Lipinski definition) is 11. The van der Waals surface area contributed by atoms with Crippen molar-refractivity contribution in [2.24, 2.45) is 5.41 Å². The molecular weight excluding hydrogens is 876 g/mol. The highest BCUT2D eigenvalue weighted by Gasteiger charge is 2.68. The van der Waals surface area contributed by atoms with Crippen LogP contribution in [0.3, 0.4) is 0 Å². The van der Waals surface area contributed by atoms with Crippen molar-refractivity contribution in [3.8, 4) is 21.8 Å². The SMILES string of the molecule is CN1CCN(C(=O)CC23CC(Nc4nccc(-c5sc(N6C7CCC6CN(C6CC(F)(F)C6)C7)nc5-c5cccc(NS(=O)(=O)c6c(F)cccc6C(F)(F)F)c5F)n4)(C2)C3)CC1. The number of fused-ring (bicyclic) bond motifs is 2. The summed E-state index contributed by atoms with van der Waals surface area (Å²) in [5.41, 5.74) is -2.59. The highest BCUT2D eigenvalue weighted by Crippen LogP contribution is 2.70. The van der Waals surface area contributed by atoms with Crippen molar-refractivity contribution in [2.75, 3.05) is 61.3 Å². The normalized spacial score (nSPS) is 27.1. The number of likely N-dealkylation sites (N-methyl/N-ethyl adjacent to an activating group) is 1. The molecule has 1 amide bonds. The van der Waals surface area contributed by atoms with Crippen LogP contribution in [0.2, 0.25) is 0 Å². The van der Waals surface area contributed by atoms with Gasteiger partial charge in [0, 0.05) is 94.0 Å². The number of carbonyl (C=O) groups is 1. The smallest absolute Gasteiger partial charge is 0.349 e. The molecule has 2 unspecified atom stereocenters. The van der Waals surface area contributed by atoms with Crippen LogP contribution in [0.15, 0.2) is 53.6 Å². The number of piperazine rings is 2. The molecule has 7 aliphatic rings. The molecule has 0 spiro atoms. The molecule has 0 radical (unpaired) electrons. The molecule has 11 rings (SSSR count). The Morgan fingerprint density at radius 2 is 1.60 bits per heavy atom.